The van der Waals surface area contributed by atoms with Crippen LogP contribution in [0.25, 0.3) is 22.4 Å². The van der Waals surface area contributed by atoms with Crippen molar-refractivity contribution in [1.29, 1.82) is 0 Å². The minimum absolute atomic E-state index is 0.313. The zero-order valence-electron chi connectivity index (χ0n) is 9.15. The Hall–Kier alpha value is -2.07. The molecular weight excluding hydrogens is 255 g/mol. The van der Waals surface area contributed by atoms with Crippen LogP contribution in [0.1, 0.15) is 0 Å². The highest BCUT2D eigenvalue weighted by Gasteiger charge is 2.11. The molecule has 2 heterocycles. The number of aromatic nitrogens is 1. The van der Waals surface area contributed by atoms with Crippen LogP contribution in [0.2, 0.25) is 5.02 Å². The van der Waals surface area contributed by atoms with Crippen molar-refractivity contribution in [3.63, 3.8) is 0 Å². The van der Waals surface area contributed by atoms with Crippen LogP contribution in [0.4, 0.5) is 10.1 Å². The first-order valence-electron chi connectivity index (χ1n) is 5.24. The van der Waals surface area contributed by atoms with E-state index in [4.69, 9.17) is 21.8 Å². The van der Waals surface area contributed by atoms with Gasteiger partial charge < -0.3 is 10.2 Å². The molecule has 0 atom stereocenters. The maximum absolute atomic E-state index is 13.1. The fraction of sp³-hybridized carbons (Fsp3) is 0. The summed E-state index contributed by atoms with van der Waals surface area (Å²) >= 11 is 5.78. The minimum atomic E-state index is -0.313. The number of pyridine rings is 1. The number of nitrogen functional groups attached to an aromatic ring is 1. The molecule has 0 aliphatic rings. The number of fused-ring (bicyclic) bond motifs is 1. The number of anilines is 1. The van der Waals surface area contributed by atoms with Gasteiger partial charge in [0.05, 0.1) is 10.7 Å². The second-order valence-electron chi connectivity index (χ2n) is 3.88. The topological polar surface area (TPSA) is 52.0 Å². The van der Waals surface area contributed by atoms with Crippen molar-refractivity contribution in [3.05, 3.63) is 47.4 Å². The molecule has 2 aromatic heterocycles. The van der Waals surface area contributed by atoms with Gasteiger partial charge in [0.2, 0.25) is 0 Å². The molecular formula is C13H8ClFN2O. The molecule has 0 unspecified atom stereocenters. The molecule has 0 aliphatic carbocycles. The van der Waals surface area contributed by atoms with E-state index in [0.29, 0.717) is 33.1 Å². The first kappa shape index (κ1) is 11.0. The Balaban J connectivity index is 2.19. The van der Waals surface area contributed by atoms with Crippen LogP contribution in [-0.2, 0) is 0 Å². The minimum Gasteiger partial charge on any atom is -0.454 e. The van der Waals surface area contributed by atoms with E-state index >= 15 is 0 Å². The Morgan fingerprint density at radius 3 is 2.83 bits per heavy atom. The van der Waals surface area contributed by atoms with E-state index in [1.165, 1.54) is 18.3 Å². The molecule has 0 bridgehead atoms. The fourth-order valence-corrected chi connectivity index (χ4v) is 1.96. The van der Waals surface area contributed by atoms with E-state index in [1.54, 1.807) is 18.2 Å². The van der Waals surface area contributed by atoms with Gasteiger partial charge in [-0.3, -0.25) is 0 Å². The van der Waals surface area contributed by atoms with E-state index in [0.717, 1.165) is 0 Å². The number of nitrogens with zero attached hydrogens (tertiary/aromatic N) is 1. The van der Waals surface area contributed by atoms with Crippen LogP contribution >= 0.6 is 11.6 Å². The van der Waals surface area contributed by atoms with Crippen LogP contribution in [-0.4, -0.2) is 4.98 Å². The highest BCUT2D eigenvalue weighted by Crippen LogP contribution is 2.31. The Labute approximate surface area is 107 Å². The maximum Gasteiger partial charge on any atom is 0.155 e. The monoisotopic (exact) mass is 262 g/mol. The molecule has 0 amide bonds. The lowest BCUT2D eigenvalue weighted by atomic mass is 10.2. The SMILES string of the molecule is Nc1cc(Cl)cnc1-c1cc2cc(F)ccc2o1. The number of furan rings is 1. The highest BCUT2D eigenvalue weighted by molar-refractivity contribution is 6.30. The van der Waals surface area contributed by atoms with Gasteiger partial charge in [-0.1, -0.05) is 11.6 Å². The van der Waals surface area contributed by atoms with Gasteiger partial charge in [0, 0.05) is 11.6 Å². The smallest absolute Gasteiger partial charge is 0.155 e. The molecule has 90 valence electrons. The Kier molecular flexibility index (Phi) is 2.45. The predicted molar refractivity (Wildman–Crippen MR) is 68.8 cm³/mol. The van der Waals surface area contributed by atoms with E-state index in [2.05, 4.69) is 4.98 Å². The average molecular weight is 263 g/mol. The second kappa shape index (κ2) is 3.99. The molecule has 0 spiro atoms. The maximum atomic E-state index is 13.1. The summed E-state index contributed by atoms with van der Waals surface area (Å²) in [6, 6.07) is 7.60. The van der Waals surface area contributed by atoms with Crippen molar-refractivity contribution < 1.29 is 8.81 Å². The van der Waals surface area contributed by atoms with E-state index in [1.807, 2.05) is 0 Å². The standard InChI is InChI=1S/C13H8ClFN2O/c14-8-5-10(16)13(17-6-8)12-4-7-3-9(15)1-2-11(7)18-12/h1-6H,16H2. The van der Waals surface area contributed by atoms with Crippen molar-refractivity contribution in [3.8, 4) is 11.5 Å². The summed E-state index contributed by atoms with van der Waals surface area (Å²) in [6.45, 7) is 0. The summed E-state index contributed by atoms with van der Waals surface area (Å²) in [7, 11) is 0. The van der Waals surface area contributed by atoms with Gasteiger partial charge in [0.25, 0.3) is 0 Å². The molecule has 0 fully saturated rings. The molecule has 0 radical (unpaired) electrons. The molecule has 0 aliphatic heterocycles. The van der Waals surface area contributed by atoms with Crippen LogP contribution in [0.3, 0.4) is 0 Å². The number of halogens is 2. The molecule has 0 saturated carbocycles. The van der Waals surface area contributed by atoms with E-state index in [9.17, 15) is 4.39 Å². The molecule has 3 aromatic rings. The van der Waals surface area contributed by atoms with E-state index in [-0.39, 0.29) is 5.82 Å². The van der Waals surface area contributed by atoms with Crippen LogP contribution in [0.5, 0.6) is 0 Å². The van der Waals surface area contributed by atoms with Gasteiger partial charge in [-0.25, -0.2) is 9.37 Å². The number of rotatable bonds is 1. The third kappa shape index (κ3) is 1.80. The first-order chi connectivity index (χ1) is 8.63. The van der Waals surface area contributed by atoms with Gasteiger partial charge in [0.15, 0.2) is 5.76 Å². The van der Waals surface area contributed by atoms with Crippen LogP contribution in [0.15, 0.2) is 40.9 Å². The quantitative estimate of drug-likeness (QED) is 0.724. The number of hydrogen-bond acceptors (Lipinski definition) is 3. The van der Waals surface area contributed by atoms with Gasteiger partial charge >= 0.3 is 0 Å². The largest absolute Gasteiger partial charge is 0.454 e. The number of hydrogen-bond donors (Lipinski definition) is 1. The number of nitrogens with two attached hydrogens (primary N) is 1. The molecule has 3 rings (SSSR count). The normalized spacial score (nSPS) is 11.0. The average Bonchev–Trinajstić information content (AvgIpc) is 2.71. The van der Waals surface area contributed by atoms with Crippen LogP contribution in [0, 0.1) is 5.82 Å². The lowest BCUT2D eigenvalue weighted by molar-refractivity contribution is 0.618. The number of benzene rings is 1. The zero-order valence-corrected chi connectivity index (χ0v) is 9.91. The Morgan fingerprint density at radius 1 is 1.22 bits per heavy atom. The molecule has 5 heteroatoms. The van der Waals surface area contributed by atoms with Gasteiger partial charge in [-0.2, -0.15) is 0 Å². The summed E-state index contributed by atoms with van der Waals surface area (Å²) in [5, 5.41) is 1.12. The van der Waals surface area contributed by atoms with Crippen LogP contribution < -0.4 is 5.73 Å². The third-order valence-electron chi connectivity index (χ3n) is 2.60. The summed E-state index contributed by atoms with van der Waals surface area (Å²) < 4.78 is 18.7. The molecule has 18 heavy (non-hydrogen) atoms. The van der Waals surface area contributed by atoms with Crippen molar-refractivity contribution in [1.82, 2.24) is 4.98 Å². The lowest BCUT2D eigenvalue weighted by Gasteiger charge is -2.00. The molecule has 0 saturated heterocycles. The summed E-state index contributed by atoms with van der Waals surface area (Å²) in [6.07, 6.45) is 1.49. The summed E-state index contributed by atoms with van der Waals surface area (Å²) in [5.41, 5.74) is 7.32. The van der Waals surface area contributed by atoms with Crippen molar-refractivity contribution >= 4 is 28.3 Å². The predicted octanol–water partition coefficient (Wildman–Crippen LogP) is 3.87. The highest BCUT2D eigenvalue weighted by atomic mass is 35.5. The second-order valence-corrected chi connectivity index (χ2v) is 4.32. The zero-order chi connectivity index (χ0) is 12.7. The van der Waals surface area contributed by atoms with Gasteiger partial charge in [0.1, 0.15) is 17.1 Å². The van der Waals surface area contributed by atoms with Crippen molar-refractivity contribution in [2.45, 2.75) is 0 Å². The molecule has 2 N–H and O–H groups in total. The molecule has 3 nitrogen and oxygen atoms in total. The first-order valence-corrected chi connectivity index (χ1v) is 5.62. The van der Waals surface area contributed by atoms with Gasteiger partial charge in [-0.15, -0.1) is 0 Å². The fourth-order valence-electron chi connectivity index (χ4n) is 1.79. The van der Waals surface area contributed by atoms with Crippen molar-refractivity contribution in [2.75, 3.05) is 5.73 Å². The van der Waals surface area contributed by atoms with Gasteiger partial charge in [-0.05, 0) is 30.3 Å². The van der Waals surface area contributed by atoms with E-state index < -0.39 is 0 Å². The van der Waals surface area contributed by atoms with Crippen molar-refractivity contribution in [2.24, 2.45) is 0 Å². The summed E-state index contributed by atoms with van der Waals surface area (Å²) in [4.78, 5) is 4.12. The summed E-state index contributed by atoms with van der Waals surface area (Å²) in [5.74, 6) is 0.177. The molecule has 1 aromatic carbocycles. The Morgan fingerprint density at radius 2 is 2.06 bits per heavy atom. The Bertz CT molecular complexity index is 739. The third-order valence-corrected chi connectivity index (χ3v) is 2.80. The lowest BCUT2D eigenvalue weighted by Crippen LogP contribution is -1.91.